The Morgan fingerprint density at radius 3 is 2.45 bits per heavy atom. The van der Waals surface area contributed by atoms with Crippen LogP contribution in [0.2, 0.25) is 0 Å². The van der Waals surface area contributed by atoms with Gasteiger partial charge in [0.15, 0.2) is 11.5 Å². The van der Waals surface area contributed by atoms with Gasteiger partial charge < -0.3 is 19.7 Å². The summed E-state index contributed by atoms with van der Waals surface area (Å²) in [6, 6.07) is 11.3. The Balaban J connectivity index is 1.29. The van der Waals surface area contributed by atoms with Crippen LogP contribution in [0.5, 0.6) is 11.5 Å². The third-order valence-electron chi connectivity index (χ3n) is 7.43. The first-order chi connectivity index (χ1) is 18.4. The largest absolute Gasteiger partial charge is 0.493 e. The van der Waals surface area contributed by atoms with Gasteiger partial charge in [0, 0.05) is 32.1 Å². The molecule has 38 heavy (non-hydrogen) atoms. The van der Waals surface area contributed by atoms with Crippen LogP contribution in [0.1, 0.15) is 49.7 Å². The van der Waals surface area contributed by atoms with Gasteiger partial charge in [-0.1, -0.05) is 31.0 Å². The zero-order valence-corrected chi connectivity index (χ0v) is 22.1. The third kappa shape index (κ3) is 6.44. The van der Waals surface area contributed by atoms with Crippen molar-refractivity contribution in [1.29, 1.82) is 0 Å². The number of hydrogen-bond acceptors (Lipinski definition) is 5. The Hall–Kier alpha value is -3.62. The fraction of sp³-hybridized carbons (Fsp3) is 0.483. The third-order valence-corrected chi connectivity index (χ3v) is 7.43. The van der Waals surface area contributed by atoms with Crippen LogP contribution in [0.25, 0.3) is 0 Å². The number of rotatable bonds is 11. The second kappa shape index (κ2) is 12.8. The highest BCUT2D eigenvalue weighted by Gasteiger charge is 2.46. The topological polar surface area (TPSA) is 88.2 Å². The van der Waals surface area contributed by atoms with Crippen molar-refractivity contribution >= 4 is 17.8 Å². The number of imide groups is 1. The Labute approximate surface area is 223 Å². The van der Waals surface area contributed by atoms with E-state index in [9.17, 15) is 18.8 Å². The van der Waals surface area contributed by atoms with Crippen LogP contribution >= 0.6 is 0 Å². The van der Waals surface area contributed by atoms with E-state index >= 15 is 0 Å². The highest BCUT2D eigenvalue weighted by molar-refractivity contribution is 5.98. The molecule has 1 saturated carbocycles. The molecule has 2 aliphatic rings. The number of carbonyl (C=O) groups is 3. The number of nitrogens with zero attached hydrogens (tertiary/aromatic N) is 2. The van der Waals surface area contributed by atoms with Crippen molar-refractivity contribution in [2.24, 2.45) is 5.92 Å². The van der Waals surface area contributed by atoms with Crippen molar-refractivity contribution in [3.05, 3.63) is 59.4 Å². The molecular weight excluding hydrogens is 489 g/mol. The van der Waals surface area contributed by atoms with E-state index in [0.717, 1.165) is 36.8 Å². The summed E-state index contributed by atoms with van der Waals surface area (Å²) in [4.78, 5) is 42.1. The van der Waals surface area contributed by atoms with Crippen LogP contribution in [0, 0.1) is 11.7 Å². The van der Waals surface area contributed by atoms with Crippen LogP contribution < -0.4 is 14.8 Å². The van der Waals surface area contributed by atoms with Crippen LogP contribution in [-0.2, 0) is 22.6 Å². The fourth-order valence-electron chi connectivity index (χ4n) is 5.41. The molecular formula is C29H36FN3O5. The molecule has 2 aromatic rings. The number of nitrogens with one attached hydrogen (secondary N) is 1. The molecule has 2 aromatic carbocycles. The summed E-state index contributed by atoms with van der Waals surface area (Å²) < 4.78 is 23.9. The van der Waals surface area contributed by atoms with E-state index in [1.54, 1.807) is 31.3 Å². The quantitative estimate of drug-likeness (QED) is 0.473. The summed E-state index contributed by atoms with van der Waals surface area (Å²) in [6.07, 6.45) is 4.73. The van der Waals surface area contributed by atoms with Gasteiger partial charge in [0.25, 0.3) is 0 Å². The fourth-order valence-corrected chi connectivity index (χ4v) is 5.41. The van der Waals surface area contributed by atoms with E-state index in [1.165, 1.54) is 17.0 Å². The van der Waals surface area contributed by atoms with Crippen molar-refractivity contribution in [2.75, 3.05) is 27.3 Å². The van der Waals surface area contributed by atoms with Crippen LogP contribution in [0.3, 0.4) is 0 Å². The average molecular weight is 526 g/mol. The van der Waals surface area contributed by atoms with Gasteiger partial charge in [-0.3, -0.25) is 14.5 Å². The molecule has 2 unspecified atom stereocenters. The van der Waals surface area contributed by atoms with Crippen molar-refractivity contribution in [1.82, 2.24) is 15.1 Å². The molecule has 0 spiro atoms. The molecule has 4 rings (SSSR count). The molecule has 204 valence electrons. The van der Waals surface area contributed by atoms with E-state index in [2.05, 4.69) is 5.32 Å². The number of methoxy groups -OCH3 is 2. The maximum absolute atomic E-state index is 13.4. The van der Waals surface area contributed by atoms with Crippen molar-refractivity contribution < 1.29 is 28.2 Å². The van der Waals surface area contributed by atoms with Crippen LogP contribution in [0.15, 0.2) is 42.5 Å². The predicted octanol–water partition coefficient (Wildman–Crippen LogP) is 4.31. The minimum absolute atomic E-state index is 0.124. The number of urea groups is 1. The molecule has 0 radical (unpaired) electrons. The molecule has 8 nitrogen and oxygen atoms in total. The molecule has 0 aromatic heterocycles. The number of ether oxygens (including phenoxy) is 2. The normalized spacial score (nSPS) is 19.2. The predicted molar refractivity (Wildman–Crippen MR) is 140 cm³/mol. The highest BCUT2D eigenvalue weighted by atomic mass is 19.1. The summed E-state index contributed by atoms with van der Waals surface area (Å²) >= 11 is 0. The summed E-state index contributed by atoms with van der Waals surface area (Å²) in [5, 5.41) is 2.91. The lowest BCUT2D eigenvalue weighted by Gasteiger charge is -2.47. The van der Waals surface area contributed by atoms with E-state index in [-0.39, 0.29) is 48.6 Å². The van der Waals surface area contributed by atoms with E-state index in [0.29, 0.717) is 37.4 Å². The maximum atomic E-state index is 13.4. The second-order valence-electron chi connectivity index (χ2n) is 9.88. The van der Waals surface area contributed by atoms with Gasteiger partial charge in [0.2, 0.25) is 11.8 Å². The first kappa shape index (κ1) is 27.4. The monoisotopic (exact) mass is 525 g/mol. The van der Waals surface area contributed by atoms with Gasteiger partial charge >= 0.3 is 6.03 Å². The molecule has 0 bridgehead atoms. The molecule has 1 saturated heterocycles. The van der Waals surface area contributed by atoms with E-state index in [4.69, 9.17) is 9.47 Å². The summed E-state index contributed by atoms with van der Waals surface area (Å²) in [6.45, 7) is 0.996. The molecule has 2 atom stereocenters. The smallest absolute Gasteiger partial charge is 0.327 e. The molecule has 4 amide bonds. The first-order valence-corrected chi connectivity index (χ1v) is 13.2. The maximum Gasteiger partial charge on any atom is 0.327 e. The Bertz CT molecular complexity index is 1140. The molecule has 2 fully saturated rings. The van der Waals surface area contributed by atoms with Crippen LogP contribution in [-0.4, -0.2) is 61.0 Å². The van der Waals surface area contributed by atoms with Gasteiger partial charge in [-0.25, -0.2) is 9.18 Å². The number of hydrogen-bond donors (Lipinski definition) is 1. The minimum Gasteiger partial charge on any atom is -0.493 e. The first-order valence-electron chi connectivity index (χ1n) is 13.2. The summed E-state index contributed by atoms with van der Waals surface area (Å²) in [5.74, 6) is 0.481. The number of carbonyl (C=O) groups excluding carboxylic acids is 3. The lowest BCUT2D eigenvalue weighted by Crippen LogP contribution is -2.62. The summed E-state index contributed by atoms with van der Waals surface area (Å²) in [7, 11) is 3.16. The zero-order valence-electron chi connectivity index (χ0n) is 22.1. The lowest BCUT2D eigenvalue weighted by molar-refractivity contribution is -0.141. The SMILES string of the molecule is COc1ccc(CCNC(=O)CCCN2C(=O)C3CCCCC3N(Cc3ccc(F)cc3)C2=O)cc1OC. The molecule has 1 N–H and O–H groups in total. The number of fused-ring (bicyclic) bond motifs is 1. The lowest BCUT2D eigenvalue weighted by atomic mass is 9.81. The highest BCUT2D eigenvalue weighted by Crippen LogP contribution is 2.35. The molecule has 9 heteroatoms. The zero-order chi connectivity index (χ0) is 27.1. The van der Waals surface area contributed by atoms with Gasteiger partial charge in [0.1, 0.15) is 5.82 Å². The van der Waals surface area contributed by atoms with Crippen molar-refractivity contribution in [3.8, 4) is 11.5 Å². The number of halogens is 1. The summed E-state index contributed by atoms with van der Waals surface area (Å²) in [5.41, 5.74) is 1.84. The van der Waals surface area contributed by atoms with Gasteiger partial charge in [-0.05, 0) is 61.1 Å². The average Bonchev–Trinajstić information content (AvgIpc) is 2.93. The Morgan fingerprint density at radius 2 is 1.71 bits per heavy atom. The Morgan fingerprint density at radius 1 is 1.00 bits per heavy atom. The molecule has 1 heterocycles. The molecule has 1 aliphatic carbocycles. The minimum atomic E-state index is -0.326. The van der Waals surface area contributed by atoms with E-state index < -0.39 is 0 Å². The second-order valence-corrected chi connectivity index (χ2v) is 9.88. The van der Waals surface area contributed by atoms with Crippen molar-refractivity contribution in [3.63, 3.8) is 0 Å². The van der Waals surface area contributed by atoms with Gasteiger partial charge in [-0.2, -0.15) is 0 Å². The van der Waals surface area contributed by atoms with Gasteiger partial charge in [0.05, 0.1) is 20.1 Å². The van der Waals surface area contributed by atoms with Crippen LogP contribution in [0.4, 0.5) is 9.18 Å². The molecule has 1 aliphatic heterocycles. The van der Waals surface area contributed by atoms with Gasteiger partial charge in [-0.15, -0.1) is 0 Å². The number of benzene rings is 2. The van der Waals surface area contributed by atoms with E-state index in [1.807, 2.05) is 18.2 Å². The Kier molecular flexibility index (Phi) is 9.20. The van der Waals surface area contributed by atoms with Crippen molar-refractivity contribution in [2.45, 2.75) is 57.5 Å². The standard InChI is InChI=1S/C29H36FN3O5/c1-37-25-14-11-20(18-26(25)38-2)15-16-31-27(34)8-5-17-32-28(35)23-6-3-4-7-24(23)33(29(32)36)19-21-9-12-22(30)13-10-21/h9-14,18,23-24H,3-8,15-17,19H2,1-2H3,(H,31,34). The number of amides is 4.